The summed E-state index contributed by atoms with van der Waals surface area (Å²) in [6.45, 7) is 2.19. The van der Waals surface area contributed by atoms with E-state index in [2.05, 4.69) is 17.2 Å². The van der Waals surface area contributed by atoms with E-state index >= 15 is 0 Å². The molecule has 1 aliphatic carbocycles. The molecule has 2 rings (SSSR count). The van der Waals surface area contributed by atoms with Gasteiger partial charge in [0.05, 0.1) is 10.6 Å². The van der Waals surface area contributed by atoms with Crippen molar-refractivity contribution in [2.75, 3.05) is 5.32 Å². The van der Waals surface area contributed by atoms with Crippen molar-refractivity contribution < 1.29 is 9.90 Å². The third-order valence-corrected chi connectivity index (χ3v) is 4.26. The lowest BCUT2D eigenvalue weighted by atomic mass is 9.83. The number of nitrogens with one attached hydrogen (secondary N) is 1. The molecule has 5 heteroatoms. The first-order chi connectivity index (χ1) is 9.13. The number of anilines is 1. The Balaban J connectivity index is 2.18. The van der Waals surface area contributed by atoms with Gasteiger partial charge in [0, 0.05) is 12.2 Å². The lowest BCUT2D eigenvalue weighted by Crippen LogP contribution is -2.32. The third kappa shape index (κ3) is 3.18. The highest BCUT2D eigenvalue weighted by Gasteiger charge is 2.25. The average molecular weight is 283 g/mol. The molecular weight excluding hydrogens is 264 g/mol. The number of pyridine rings is 1. The van der Waals surface area contributed by atoms with Gasteiger partial charge in [0.1, 0.15) is 5.82 Å². The molecule has 19 heavy (non-hydrogen) atoms. The van der Waals surface area contributed by atoms with Crippen LogP contribution in [0.3, 0.4) is 0 Å². The zero-order valence-electron chi connectivity index (χ0n) is 11.0. The molecule has 2 unspecified atom stereocenters. The van der Waals surface area contributed by atoms with Crippen molar-refractivity contribution in [2.24, 2.45) is 5.92 Å². The minimum Gasteiger partial charge on any atom is -0.478 e. The van der Waals surface area contributed by atoms with Gasteiger partial charge >= 0.3 is 5.97 Å². The van der Waals surface area contributed by atoms with Gasteiger partial charge in [-0.2, -0.15) is 0 Å². The monoisotopic (exact) mass is 282 g/mol. The second kappa shape index (κ2) is 6.24. The predicted molar refractivity (Wildman–Crippen MR) is 75.9 cm³/mol. The number of carbonyl (C=O) groups is 1. The molecule has 0 radical (unpaired) electrons. The first kappa shape index (κ1) is 14.1. The highest BCUT2D eigenvalue weighted by molar-refractivity contribution is 6.35. The Kier molecular flexibility index (Phi) is 4.64. The van der Waals surface area contributed by atoms with Gasteiger partial charge in [0.15, 0.2) is 0 Å². The van der Waals surface area contributed by atoms with Crippen molar-refractivity contribution in [1.29, 1.82) is 0 Å². The SMILES string of the molecule is CCC1CCCCC1Nc1nccc(C(=O)O)c1Cl. The van der Waals surface area contributed by atoms with Crippen molar-refractivity contribution in [3.8, 4) is 0 Å². The summed E-state index contributed by atoms with van der Waals surface area (Å²) in [7, 11) is 0. The fourth-order valence-corrected chi connectivity index (χ4v) is 3.02. The van der Waals surface area contributed by atoms with Gasteiger partial charge < -0.3 is 10.4 Å². The predicted octanol–water partition coefficient (Wildman–Crippen LogP) is 3.81. The Morgan fingerprint density at radius 3 is 2.95 bits per heavy atom. The molecule has 2 atom stereocenters. The molecule has 1 fully saturated rings. The molecule has 0 saturated heterocycles. The summed E-state index contributed by atoms with van der Waals surface area (Å²) in [6.07, 6.45) is 7.38. The fraction of sp³-hybridized carbons (Fsp3) is 0.571. The van der Waals surface area contributed by atoms with Crippen molar-refractivity contribution in [3.05, 3.63) is 22.8 Å². The lowest BCUT2D eigenvalue weighted by Gasteiger charge is -2.32. The largest absolute Gasteiger partial charge is 0.478 e. The fourth-order valence-electron chi connectivity index (χ4n) is 2.77. The first-order valence-electron chi connectivity index (χ1n) is 6.77. The number of aromatic nitrogens is 1. The van der Waals surface area contributed by atoms with E-state index in [1.165, 1.54) is 31.5 Å². The summed E-state index contributed by atoms with van der Waals surface area (Å²) in [4.78, 5) is 15.2. The number of carboxylic acid groups (broad SMARTS) is 1. The van der Waals surface area contributed by atoms with Gasteiger partial charge in [-0.05, 0) is 24.8 Å². The van der Waals surface area contributed by atoms with Crippen molar-refractivity contribution in [2.45, 2.75) is 45.1 Å². The zero-order valence-corrected chi connectivity index (χ0v) is 11.8. The molecule has 2 N–H and O–H groups in total. The van der Waals surface area contributed by atoms with Crippen LogP contribution in [-0.2, 0) is 0 Å². The van der Waals surface area contributed by atoms with Crippen LogP contribution in [0.2, 0.25) is 5.02 Å². The van der Waals surface area contributed by atoms with Crippen LogP contribution >= 0.6 is 11.6 Å². The van der Waals surface area contributed by atoms with Crippen LogP contribution in [0.15, 0.2) is 12.3 Å². The highest BCUT2D eigenvalue weighted by Crippen LogP contribution is 2.31. The van der Waals surface area contributed by atoms with E-state index < -0.39 is 5.97 Å². The van der Waals surface area contributed by atoms with E-state index in [-0.39, 0.29) is 10.6 Å². The molecule has 104 valence electrons. The molecule has 1 saturated carbocycles. The Morgan fingerprint density at radius 2 is 2.26 bits per heavy atom. The smallest absolute Gasteiger partial charge is 0.337 e. The second-order valence-corrected chi connectivity index (χ2v) is 5.41. The Labute approximate surface area is 118 Å². The number of hydrogen-bond donors (Lipinski definition) is 2. The van der Waals surface area contributed by atoms with Gasteiger partial charge in [0.25, 0.3) is 0 Å². The first-order valence-corrected chi connectivity index (χ1v) is 7.15. The van der Waals surface area contributed by atoms with E-state index in [1.807, 2.05) is 0 Å². The third-order valence-electron chi connectivity index (χ3n) is 3.88. The molecule has 0 aliphatic heterocycles. The maximum Gasteiger partial charge on any atom is 0.337 e. The summed E-state index contributed by atoms with van der Waals surface area (Å²) in [5.41, 5.74) is 0.100. The van der Waals surface area contributed by atoms with Crippen LogP contribution in [-0.4, -0.2) is 22.1 Å². The van der Waals surface area contributed by atoms with Crippen molar-refractivity contribution in [1.82, 2.24) is 4.98 Å². The topological polar surface area (TPSA) is 62.2 Å². The molecule has 0 aromatic carbocycles. The van der Waals surface area contributed by atoms with Crippen LogP contribution in [0.1, 0.15) is 49.4 Å². The maximum absolute atomic E-state index is 11.0. The van der Waals surface area contributed by atoms with Crippen LogP contribution in [0.4, 0.5) is 5.82 Å². The summed E-state index contributed by atoms with van der Waals surface area (Å²) in [6, 6.07) is 1.77. The summed E-state index contributed by atoms with van der Waals surface area (Å²) >= 11 is 6.11. The van der Waals surface area contributed by atoms with Crippen LogP contribution in [0.25, 0.3) is 0 Å². The Hall–Kier alpha value is -1.29. The molecule has 4 nitrogen and oxygen atoms in total. The Morgan fingerprint density at radius 1 is 1.53 bits per heavy atom. The Bertz CT molecular complexity index is 465. The van der Waals surface area contributed by atoms with Crippen LogP contribution in [0, 0.1) is 5.92 Å². The second-order valence-electron chi connectivity index (χ2n) is 5.03. The van der Waals surface area contributed by atoms with Gasteiger partial charge in [-0.1, -0.05) is 37.8 Å². The summed E-state index contributed by atoms with van der Waals surface area (Å²) in [5.74, 6) is 0.0816. The van der Waals surface area contributed by atoms with Crippen LogP contribution < -0.4 is 5.32 Å². The molecular formula is C14H19ClN2O2. The van der Waals surface area contributed by atoms with Crippen LogP contribution in [0.5, 0.6) is 0 Å². The zero-order chi connectivity index (χ0) is 13.8. The molecule has 0 bridgehead atoms. The van der Waals surface area contributed by atoms with Crippen molar-refractivity contribution in [3.63, 3.8) is 0 Å². The molecule has 0 amide bonds. The molecule has 1 aromatic heterocycles. The van der Waals surface area contributed by atoms with E-state index in [0.717, 1.165) is 12.8 Å². The number of aromatic carboxylic acids is 1. The van der Waals surface area contributed by atoms with E-state index in [1.54, 1.807) is 0 Å². The normalized spacial score (nSPS) is 23.1. The highest BCUT2D eigenvalue weighted by atomic mass is 35.5. The quantitative estimate of drug-likeness (QED) is 0.881. The number of rotatable bonds is 4. The maximum atomic E-state index is 11.0. The number of hydrogen-bond acceptors (Lipinski definition) is 3. The van der Waals surface area contributed by atoms with Crippen molar-refractivity contribution >= 4 is 23.4 Å². The van der Waals surface area contributed by atoms with Gasteiger partial charge in [-0.3, -0.25) is 0 Å². The lowest BCUT2D eigenvalue weighted by molar-refractivity contribution is 0.0697. The van der Waals surface area contributed by atoms with E-state index in [9.17, 15) is 4.79 Å². The average Bonchev–Trinajstić information content (AvgIpc) is 2.41. The van der Waals surface area contributed by atoms with Gasteiger partial charge in [-0.15, -0.1) is 0 Å². The number of halogens is 1. The number of nitrogens with zero attached hydrogens (tertiary/aromatic N) is 1. The minimum atomic E-state index is -1.02. The van der Waals surface area contributed by atoms with Gasteiger partial charge in [-0.25, -0.2) is 9.78 Å². The van der Waals surface area contributed by atoms with E-state index in [0.29, 0.717) is 17.8 Å². The molecule has 1 aliphatic rings. The number of carboxylic acids is 1. The molecule has 1 heterocycles. The summed E-state index contributed by atoms with van der Waals surface area (Å²) < 4.78 is 0. The molecule has 1 aromatic rings. The standard InChI is InChI=1S/C14H19ClN2O2/c1-2-9-5-3-4-6-11(9)17-13-12(15)10(14(18)19)7-8-16-13/h7-9,11H,2-6H2,1H3,(H,16,17)(H,18,19). The van der Waals surface area contributed by atoms with E-state index in [4.69, 9.17) is 16.7 Å². The minimum absolute atomic E-state index is 0.100. The van der Waals surface area contributed by atoms with Gasteiger partial charge in [0.2, 0.25) is 0 Å². The summed E-state index contributed by atoms with van der Waals surface area (Å²) in [5, 5.41) is 12.6. The molecule has 0 spiro atoms.